The van der Waals surface area contributed by atoms with E-state index in [1.54, 1.807) is 0 Å². The van der Waals surface area contributed by atoms with Gasteiger partial charge in [-0.15, -0.1) is 0 Å². The Bertz CT molecular complexity index is 143. The molecule has 0 bridgehead atoms. The Kier molecular flexibility index (Phi) is 2.63. The van der Waals surface area contributed by atoms with E-state index in [4.69, 9.17) is 14.2 Å². The third-order valence-corrected chi connectivity index (χ3v) is 2.50. The van der Waals surface area contributed by atoms with E-state index in [-0.39, 0.29) is 6.10 Å². The summed E-state index contributed by atoms with van der Waals surface area (Å²) in [5.41, 5.74) is 0. The number of hydrogen-bond acceptors (Lipinski definition) is 3. The highest BCUT2D eigenvalue weighted by atomic mass is 16.7. The van der Waals surface area contributed by atoms with Crippen LogP contribution in [0, 0.1) is 5.92 Å². The Balaban J connectivity index is 1.72. The summed E-state index contributed by atoms with van der Waals surface area (Å²) in [6, 6.07) is 0. The van der Waals surface area contributed by atoms with Gasteiger partial charge in [-0.3, -0.25) is 0 Å². The Hall–Kier alpha value is -0.120. The maximum atomic E-state index is 5.59. The first-order valence-electron chi connectivity index (χ1n) is 4.65. The Labute approximate surface area is 73.0 Å². The van der Waals surface area contributed by atoms with Crippen LogP contribution in [0.4, 0.5) is 0 Å². The maximum Gasteiger partial charge on any atom is 0.147 e. The van der Waals surface area contributed by atoms with E-state index in [9.17, 15) is 0 Å². The molecule has 2 aliphatic heterocycles. The zero-order valence-electron chi connectivity index (χ0n) is 7.49. The van der Waals surface area contributed by atoms with Crippen LogP contribution in [0.2, 0.25) is 0 Å². The van der Waals surface area contributed by atoms with Crippen molar-refractivity contribution in [3.8, 4) is 0 Å². The second kappa shape index (κ2) is 3.73. The molecule has 70 valence electrons. The minimum Gasteiger partial charge on any atom is -0.378 e. The first-order valence-corrected chi connectivity index (χ1v) is 4.65. The Morgan fingerprint density at radius 3 is 2.67 bits per heavy atom. The van der Waals surface area contributed by atoms with Crippen molar-refractivity contribution >= 4 is 0 Å². The van der Waals surface area contributed by atoms with Crippen LogP contribution in [-0.2, 0) is 14.2 Å². The molecule has 0 saturated carbocycles. The van der Waals surface area contributed by atoms with Gasteiger partial charge in [0.2, 0.25) is 0 Å². The molecule has 2 rings (SSSR count). The second-order valence-corrected chi connectivity index (χ2v) is 3.81. The number of ether oxygens (including phenoxy) is 3. The molecule has 3 unspecified atom stereocenters. The molecule has 0 amide bonds. The number of rotatable bonds is 2. The predicted octanol–water partition coefficient (Wildman–Crippen LogP) is 1.17. The zero-order chi connectivity index (χ0) is 8.39. The van der Waals surface area contributed by atoms with Gasteiger partial charge < -0.3 is 14.2 Å². The van der Waals surface area contributed by atoms with Gasteiger partial charge in [0.05, 0.1) is 18.8 Å². The van der Waals surface area contributed by atoms with Crippen molar-refractivity contribution in [1.29, 1.82) is 0 Å². The first kappa shape index (κ1) is 8.48. The molecule has 0 aromatic heterocycles. The molecule has 0 radical (unpaired) electrons. The molecular formula is C9H16O3. The lowest BCUT2D eigenvalue weighted by Crippen LogP contribution is -2.18. The van der Waals surface area contributed by atoms with Gasteiger partial charge in [0.25, 0.3) is 0 Å². The summed E-state index contributed by atoms with van der Waals surface area (Å²) in [5.74, 6) is 0.720. The molecule has 2 fully saturated rings. The predicted molar refractivity (Wildman–Crippen MR) is 43.8 cm³/mol. The average molecular weight is 172 g/mol. The molecule has 2 saturated heterocycles. The summed E-state index contributed by atoms with van der Waals surface area (Å²) < 4.78 is 16.1. The Morgan fingerprint density at radius 2 is 2.08 bits per heavy atom. The van der Waals surface area contributed by atoms with E-state index in [0.29, 0.717) is 12.9 Å². The second-order valence-electron chi connectivity index (χ2n) is 3.81. The molecule has 3 nitrogen and oxygen atoms in total. The fourth-order valence-electron chi connectivity index (χ4n) is 1.85. The van der Waals surface area contributed by atoms with E-state index in [1.807, 2.05) is 0 Å². The quantitative estimate of drug-likeness (QED) is 0.626. The van der Waals surface area contributed by atoms with Crippen LogP contribution in [0.25, 0.3) is 0 Å². The van der Waals surface area contributed by atoms with Crippen molar-refractivity contribution in [2.24, 2.45) is 5.92 Å². The van der Waals surface area contributed by atoms with Gasteiger partial charge in [0.15, 0.2) is 0 Å². The van der Waals surface area contributed by atoms with Crippen LogP contribution in [0.1, 0.15) is 19.8 Å². The average Bonchev–Trinajstić information content (AvgIpc) is 2.63. The van der Waals surface area contributed by atoms with Crippen molar-refractivity contribution in [2.75, 3.05) is 20.0 Å². The highest BCUT2D eigenvalue weighted by Crippen LogP contribution is 2.24. The highest BCUT2D eigenvalue weighted by Gasteiger charge is 2.27. The summed E-state index contributed by atoms with van der Waals surface area (Å²) in [5, 5.41) is 0. The molecule has 0 aromatic rings. The van der Waals surface area contributed by atoms with Crippen LogP contribution in [-0.4, -0.2) is 32.2 Å². The molecule has 3 atom stereocenters. The van der Waals surface area contributed by atoms with Gasteiger partial charge in [-0.05, 0) is 12.3 Å². The van der Waals surface area contributed by atoms with Crippen LogP contribution in [0.15, 0.2) is 0 Å². The van der Waals surface area contributed by atoms with E-state index in [1.165, 1.54) is 6.42 Å². The smallest absolute Gasteiger partial charge is 0.147 e. The van der Waals surface area contributed by atoms with Crippen molar-refractivity contribution in [1.82, 2.24) is 0 Å². The number of hydrogen-bond donors (Lipinski definition) is 0. The highest BCUT2D eigenvalue weighted by molar-refractivity contribution is 4.75. The summed E-state index contributed by atoms with van der Waals surface area (Å²) in [6.07, 6.45) is 2.87. The maximum absolute atomic E-state index is 5.59. The minimum atomic E-state index is 0.278. The molecular weight excluding hydrogens is 156 g/mol. The summed E-state index contributed by atoms with van der Waals surface area (Å²) in [7, 11) is 0. The SMILES string of the molecule is CC1COC(CC2COCO2)C1. The molecule has 3 heteroatoms. The van der Waals surface area contributed by atoms with Crippen LogP contribution >= 0.6 is 0 Å². The normalized spacial score (nSPS) is 42.2. The molecule has 0 spiro atoms. The van der Waals surface area contributed by atoms with Gasteiger partial charge in [-0.1, -0.05) is 6.92 Å². The van der Waals surface area contributed by atoms with Crippen molar-refractivity contribution < 1.29 is 14.2 Å². The third-order valence-electron chi connectivity index (χ3n) is 2.50. The molecule has 0 aliphatic carbocycles. The summed E-state index contributed by atoms with van der Waals surface area (Å²) in [4.78, 5) is 0. The fraction of sp³-hybridized carbons (Fsp3) is 1.00. The van der Waals surface area contributed by atoms with Crippen molar-refractivity contribution in [3.63, 3.8) is 0 Å². The van der Waals surface area contributed by atoms with E-state index in [2.05, 4.69) is 6.92 Å². The van der Waals surface area contributed by atoms with Crippen molar-refractivity contribution in [3.05, 3.63) is 0 Å². The standard InChI is InChI=1S/C9H16O3/c1-7-2-8(11-4-7)3-9-5-10-6-12-9/h7-9H,2-6H2,1H3. The lowest BCUT2D eigenvalue weighted by molar-refractivity contribution is 0.0197. The van der Waals surface area contributed by atoms with Gasteiger partial charge in [-0.2, -0.15) is 0 Å². The van der Waals surface area contributed by atoms with Gasteiger partial charge >= 0.3 is 0 Å². The fourth-order valence-corrected chi connectivity index (χ4v) is 1.85. The molecule has 0 aromatic carbocycles. The van der Waals surface area contributed by atoms with E-state index < -0.39 is 0 Å². The minimum absolute atomic E-state index is 0.278. The largest absolute Gasteiger partial charge is 0.378 e. The topological polar surface area (TPSA) is 27.7 Å². The molecule has 0 N–H and O–H groups in total. The summed E-state index contributed by atoms with van der Waals surface area (Å²) >= 11 is 0. The van der Waals surface area contributed by atoms with Crippen molar-refractivity contribution in [2.45, 2.75) is 32.0 Å². The first-order chi connectivity index (χ1) is 5.84. The molecule has 12 heavy (non-hydrogen) atoms. The Morgan fingerprint density at radius 1 is 1.17 bits per heavy atom. The zero-order valence-corrected chi connectivity index (χ0v) is 7.49. The van der Waals surface area contributed by atoms with E-state index >= 15 is 0 Å². The third kappa shape index (κ3) is 1.97. The van der Waals surface area contributed by atoms with Crippen LogP contribution in [0.5, 0.6) is 0 Å². The van der Waals surface area contributed by atoms with Gasteiger partial charge in [0.1, 0.15) is 6.79 Å². The summed E-state index contributed by atoms with van der Waals surface area (Å²) in [6.45, 7) is 4.35. The van der Waals surface area contributed by atoms with Gasteiger partial charge in [0, 0.05) is 13.0 Å². The van der Waals surface area contributed by atoms with Crippen LogP contribution < -0.4 is 0 Å². The lowest BCUT2D eigenvalue weighted by atomic mass is 10.0. The molecule has 2 aliphatic rings. The lowest BCUT2D eigenvalue weighted by Gasteiger charge is -2.12. The van der Waals surface area contributed by atoms with Gasteiger partial charge in [-0.25, -0.2) is 0 Å². The van der Waals surface area contributed by atoms with Crippen LogP contribution in [0.3, 0.4) is 0 Å². The monoisotopic (exact) mass is 172 g/mol. The van der Waals surface area contributed by atoms with E-state index in [0.717, 1.165) is 25.6 Å². The molecule has 2 heterocycles.